The van der Waals surface area contributed by atoms with Gasteiger partial charge in [-0.05, 0) is 53.9 Å². The van der Waals surface area contributed by atoms with E-state index < -0.39 is 0 Å². The summed E-state index contributed by atoms with van der Waals surface area (Å²) in [4.78, 5) is 6.56. The zero-order valence-electron chi connectivity index (χ0n) is 12.7. The van der Waals surface area contributed by atoms with Crippen LogP contribution in [0.4, 0.5) is 10.8 Å². The molecule has 0 aliphatic carbocycles. The van der Waals surface area contributed by atoms with Crippen LogP contribution in [-0.2, 0) is 0 Å². The van der Waals surface area contributed by atoms with Gasteiger partial charge in [0.05, 0.1) is 5.56 Å². The zero-order valence-corrected chi connectivity index (χ0v) is 13.5. The molecule has 4 nitrogen and oxygen atoms in total. The van der Waals surface area contributed by atoms with Crippen LogP contribution in [0.2, 0.25) is 0 Å². The van der Waals surface area contributed by atoms with E-state index in [4.69, 9.17) is 5.73 Å². The van der Waals surface area contributed by atoms with E-state index in [-0.39, 0.29) is 0 Å². The number of nitrogens with zero attached hydrogens (tertiary/aromatic N) is 3. The topological polar surface area (TPSA) is 55.0 Å². The molecular weight excluding hydrogens is 280 g/mol. The van der Waals surface area contributed by atoms with Crippen molar-refractivity contribution in [2.45, 2.75) is 33.1 Å². The van der Waals surface area contributed by atoms with Crippen molar-refractivity contribution in [3.8, 4) is 11.1 Å². The number of nitrogens with two attached hydrogens (primary N) is 1. The summed E-state index contributed by atoms with van der Waals surface area (Å²) < 4.78 is 4.39. The monoisotopic (exact) mass is 302 g/mol. The highest BCUT2D eigenvalue weighted by Gasteiger charge is 2.36. The second kappa shape index (κ2) is 5.64. The molecule has 5 heteroatoms. The van der Waals surface area contributed by atoms with Gasteiger partial charge in [-0.1, -0.05) is 13.8 Å². The van der Waals surface area contributed by atoms with E-state index in [1.807, 2.05) is 24.5 Å². The van der Waals surface area contributed by atoms with Crippen molar-refractivity contribution in [2.24, 2.45) is 5.41 Å². The molecule has 2 aromatic rings. The lowest BCUT2D eigenvalue weighted by molar-refractivity contribution is 0.301. The highest BCUT2D eigenvalue weighted by atomic mass is 32.1. The van der Waals surface area contributed by atoms with Crippen molar-refractivity contribution in [1.29, 1.82) is 0 Å². The number of hydrogen-bond donors (Lipinski definition) is 1. The van der Waals surface area contributed by atoms with Gasteiger partial charge in [0.1, 0.15) is 10.8 Å². The molecule has 1 aliphatic rings. The van der Waals surface area contributed by atoms with Gasteiger partial charge < -0.3 is 10.6 Å². The maximum atomic E-state index is 6.13. The molecule has 3 rings (SSSR count). The van der Waals surface area contributed by atoms with Crippen molar-refractivity contribution >= 4 is 22.4 Å². The molecule has 1 aliphatic heterocycles. The fraction of sp³-hybridized carbons (Fsp3) is 0.500. The maximum absolute atomic E-state index is 6.13. The number of pyridine rings is 1. The van der Waals surface area contributed by atoms with Gasteiger partial charge in [0.15, 0.2) is 0 Å². The Hall–Kier alpha value is -1.62. The third kappa shape index (κ3) is 2.50. The summed E-state index contributed by atoms with van der Waals surface area (Å²) in [5, 5.41) is 1.21. The summed E-state index contributed by atoms with van der Waals surface area (Å²) in [6.07, 6.45) is 7.34. The number of hydrogen-bond acceptors (Lipinski definition) is 5. The van der Waals surface area contributed by atoms with Gasteiger partial charge in [0.25, 0.3) is 0 Å². The fourth-order valence-corrected chi connectivity index (χ4v) is 4.10. The van der Waals surface area contributed by atoms with Gasteiger partial charge in [-0.3, -0.25) is 4.98 Å². The molecule has 112 valence electrons. The molecule has 2 N–H and O–H groups in total. The third-order valence-corrected chi connectivity index (χ3v) is 5.82. The molecule has 0 bridgehead atoms. The van der Waals surface area contributed by atoms with Crippen LogP contribution in [0.15, 0.2) is 24.5 Å². The Bertz CT molecular complexity index is 604. The standard InChI is InChI=1S/C16H22N4S/c1-3-16(4-2)7-10-20(11-16)15-13(14(17)19-21-15)12-5-8-18-9-6-12/h5-6,8-9H,3-4,7,10-11H2,1-2H3,(H2,17,19). The van der Waals surface area contributed by atoms with Crippen molar-refractivity contribution in [3.63, 3.8) is 0 Å². The van der Waals surface area contributed by atoms with Crippen molar-refractivity contribution in [1.82, 2.24) is 9.36 Å². The average Bonchev–Trinajstić information content (AvgIpc) is 3.12. The molecular formula is C16H22N4S. The minimum atomic E-state index is 0.453. The van der Waals surface area contributed by atoms with Gasteiger partial charge in [-0.2, -0.15) is 4.37 Å². The average molecular weight is 302 g/mol. The van der Waals surface area contributed by atoms with Crippen LogP contribution in [0.1, 0.15) is 33.1 Å². The van der Waals surface area contributed by atoms with Crippen LogP contribution in [0.5, 0.6) is 0 Å². The molecule has 1 saturated heterocycles. The van der Waals surface area contributed by atoms with E-state index in [2.05, 4.69) is 28.1 Å². The van der Waals surface area contributed by atoms with E-state index in [0.717, 1.165) is 24.2 Å². The Balaban J connectivity index is 1.95. The zero-order chi connectivity index (χ0) is 14.9. The molecule has 21 heavy (non-hydrogen) atoms. The van der Waals surface area contributed by atoms with Crippen molar-refractivity contribution in [2.75, 3.05) is 23.7 Å². The Kier molecular flexibility index (Phi) is 3.85. The molecule has 0 amide bonds. The molecule has 0 saturated carbocycles. The molecule has 3 heterocycles. The summed E-state index contributed by atoms with van der Waals surface area (Å²) in [6, 6.07) is 4.01. The molecule has 0 radical (unpaired) electrons. The SMILES string of the molecule is CCC1(CC)CCN(c2snc(N)c2-c2ccncc2)C1. The lowest BCUT2D eigenvalue weighted by atomic mass is 9.82. The van der Waals surface area contributed by atoms with Gasteiger partial charge >= 0.3 is 0 Å². The molecule has 0 aromatic carbocycles. The summed E-state index contributed by atoms with van der Waals surface area (Å²) in [7, 11) is 0. The summed E-state index contributed by atoms with van der Waals surface area (Å²) in [6.45, 7) is 6.82. The normalized spacial score (nSPS) is 17.3. The van der Waals surface area contributed by atoms with Crippen LogP contribution in [0.25, 0.3) is 11.1 Å². The molecule has 0 unspecified atom stereocenters. The highest BCUT2D eigenvalue weighted by molar-refractivity contribution is 7.11. The lowest BCUT2D eigenvalue weighted by Crippen LogP contribution is -2.25. The van der Waals surface area contributed by atoms with Gasteiger partial charge in [-0.15, -0.1) is 0 Å². The second-order valence-electron chi connectivity index (χ2n) is 5.86. The predicted molar refractivity (Wildman–Crippen MR) is 89.6 cm³/mol. The smallest absolute Gasteiger partial charge is 0.147 e. The second-order valence-corrected chi connectivity index (χ2v) is 6.61. The van der Waals surface area contributed by atoms with Crippen LogP contribution >= 0.6 is 11.5 Å². The fourth-order valence-electron chi connectivity index (χ4n) is 3.23. The van der Waals surface area contributed by atoms with Crippen molar-refractivity contribution < 1.29 is 0 Å². The van der Waals surface area contributed by atoms with Gasteiger partial charge in [0.2, 0.25) is 0 Å². The predicted octanol–water partition coefficient (Wildman–Crippen LogP) is 3.80. The number of aromatic nitrogens is 2. The third-order valence-electron chi connectivity index (χ3n) is 4.89. The Morgan fingerprint density at radius 2 is 2.00 bits per heavy atom. The summed E-state index contributed by atoms with van der Waals surface area (Å²) in [5.74, 6) is 0.631. The van der Waals surface area contributed by atoms with Crippen molar-refractivity contribution in [3.05, 3.63) is 24.5 Å². The molecule has 0 atom stereocenters. The lowest BCUT2D eigenvalue weighted by Gasteiger charge is -2.26. The van der Waals surface area contributed by atoms with E-state index in [1.165, 1.54) is 35.8 Å². The molecule has 2 aromatic heterocycles. The van der Waals surface area contributed by atoms with Crippen LogP contribution in [0, 0.1) is 5.41 Å². The minimum Gasteiger partial charge on any atom is -0.382 e. The van der Waals surface area contributed by atoms with E-state index in [1.54, 1.807) is 0 Å². The Morgan fingerprint density at radius 3 is 2.62 bits per heavy atom. The Labute approximate surface area is 130 Å². The van der Waals surface area contributed by atoms with Crippen LogP contribution in [-0.4, -0.2) is 22.4 Å². The first-order chi connectivity index (χ1) is 10.2. The molecule has 0 spiro atoms. The minimum absolute atomic E-state index is 0.453. The first kappa shape index (κ1) is 14.3. The number of rotatable bonds is 4. The first-order valence-corrected chi connectivity index (χ1v) is 8.37. The van der Waals surface area contributed by atoms with Gasteiger partial charge in [0, 0.05) is 25.5 Å². The van der Waals surface area contributed by atoms with E-state index >= 15 is 0 Å². The van der Waals surface area contributed by atoms with Gasteiger partial charge in [-0.25, -0.2) is 0 Å². The van der Waals surface area contributed by atoms with Crippen LogP contribution < -0.4 is 10.6 Å². The van der Waals surface area contributed by atoms with E-state index in [0.29, 0.717) is 11.2 Å². The first-order valence-electron chi connectivity index (χ1n) is 7.59. The van der Waals surface area contributed by atoms with E-state index in [9.17, 15) is 0 Å². The largest absolute Gasteiger partial charge is 0.382 e. The summed E-state index contributed by atoms with van der Waals surface area (Å²) in [5.41, 5.74) is 8.76. The number of nitrogen functional groups attached to an aromatic ring is 1. The van der Waals surface area contributed by atoms with Crippen LogP contribution in [0.3, 0.4) is 0 Å². The maximum Gasteiger partial charge on any atom is 0.147 e. The quantitative estimate of drug-likeness (QED) is 0.933. The summed E-state index contributed by atoms with van der Waals surface area (Å²) >= 11 is 1.52. The molecule has 1 fully saturated rings. The Morgan fingerprint density at radius 1 is 1.29 bits per heavy atom. The highest BCUT2D eigenvalue weighted by Crippen LogP contribution is 2.45. The number of anilines is 2.